The minimum absolute atomic E-state index is 0.146. The van der Waals surface area contributed by atoms with Crippen molar-refractivity contribution in [2.24, 2.45) is 5.92 Å². The van der Waals surface area contributed by atoms with Gasteiger partial charge in [-0.15, -0.1) is 0 Å². The van der Waals surface area contributed by atoms with Crippen LogP contribution in [0, 0.1) is 5.92 Å². The van der Waals surface area contributed by atoms with Gasteiger partial charge in [-0.2, -0.15) is 0 Å². The molecular formula is C21H28ClN4O3+. The van der Waals surface area contributed by atoms with Crippen molar-refractivity contribution in [3.63, 3.8) is 0 Å². The summed E-state index contributed by atoms with van der Waals surface area (Å²) in [4.78, 5) is 43.8. The summed E-state index contributed by atoms with van der Waals surface area (Å²) in [5.41, 5.74) is 1.08. The second-order valence-electron chi connectivity index (χ2n) is 8.40. The molecule has 1 N–H and O–H groups in total. The number of nitrogens with zero attached hydrogens (tertiary/aromatic N) is 3. The maximum atomic E-state index is 12.9. The highest BCUT2D eigenvalue weighted by molar-refractivity contribution is 6.44. The van der Waals surface area contributed by atoms with Crippen LogP contribution in [-0.4, -0.2) is 66.5 Å². The lowest BCUT2D eigenvalue weighted by molar-refractivity contribution is -0.907. The summed E-state index contributed by atoms with van der Waals surface area (Å²) in [6.45, 7) is 5.52. The number of anilines is 1. The van der Waals surface area contributed by atoms with E-state index < -0.39 is 17.8 Å². The minimum atomic E-state index is -0.669. The molecule has 156 valence electrons. The molecule has 7 nitrogen and oxygen atoms in total. The lowest BCUT2D eigenvalue weighted by Crippen LogP contribution is -3.16. The smallest absolute Gasteiger partial charge is 0.338 e. The predicted octanol–water partition coefficient (Wildman–Crippen LogP) is 1.37. The molecule has 0 bridgehead atoms. The number of hydrogen-bond donors (Lipinski definition) is 1. The van der Waals surface area contributed by atoms with Crippen LogP contribution in [0.5, 0.6) is 0 Å². The molecule has 4 rings (SSSR count). The molecule has 0 aromatic heterocycles. The SMILES string of the molecule is C[C@@H]1CCCC[C@@H]1N1C(=O)C(=O)N(C[NH+]2CCN(c3cccc(Cl)c3)CC2)C1=O. The molecule has 4 amide bonds. The first-order chi connectivity index (χ1) is 14.0. The van der Waals surface area contributed by atoms with Gasteiger partial charge in [-0.3, -0.25) is 14.5 Å². The highest BCUT2D eigenvalue weighted by Crippen LogP contribution is 2.31. The van der Waals surface area contributed by atoms with E-state index in [4.69, 9.17) is 11.6 Å². The van der Waals surface area contributed by atoms with Crippen LogP contribution in [0.1, 0.15) is 32.6 Å². The first kappa shape index (κ1) is 20.2. The Labute approximate surface area is 176 Å². The van der Waals surface area contributed by atoms with Crippen molar-refractivity contribution in [2.45, 2.75) is 38.6 Å². The van der Waals surface area contributed by atoms with E-state index in [2.05, 4.69) is 11.8 Å². The van der Waals surface area contributed by atoms with Crippen LogP contribution in [0.15, 0.2) is 24.3 Å². The Morgan fingerprint density at radius 1 is 1.07 bits per heavy atom. The number of amides is 4. The zero-order valence-corrected chi connectivity index (χ0v) is 17.5. The topological polar surface area (TPSA) is 65.4 Å². The van der Waals surface area contributed by atoms with Gasteiger partial charge in [0.1, 0.15) is 0 Å². The van der Waals surface area contributed by atoms with Crippen molar-refractivity contribution in [2.75, 3.05) is 37.7 Å². The van der Waals surface area contributed by atoms with Crippen molar-refractivity contribution in [1.29, 1.82) is 0 Å². The minimum Gasteiger partial charge on any atom is -0.360 e. The zero-order chi connectivity index (χ0) is 20.5. The Hall–Kier alpha value is -2.12. The number of urea groups is 1. The Kier molecular flexibility index (Phi) is 5.79. The fraction of sp³-hybridized carbons (Fsp3) is 0.571. The third kappa shape index (κ3) is 3.98. The van der Waals surface area contributed by atoms with E-state index >= 15 is 0 Å². The third-order valence-electron chi connectivity index (χ3n) is 6.51. The molecule has 2 saturated heterocycles. The zero-order valence-electron chi connectivity index (χ0n) is 16.8. The Morgan fingerprint density at radius 2 is 1.79 bits per heavy atom. The second-order valence-corrected chi connectivity index (χ2v) is 8.83. The maximum absolute atomic E-state index is 12.9. The van der Waals surface area contributed by atoms with Gasteiger partial charge in [0.15, 0.2) is 6.67 Å². The molecule has 2 atom stereocenters. The summed E-state index contributed by atoms with van der Waals surface area (Å²) < 4.78 is 0. The fourth-order valence-corrected chi connectivity index (χ4v) is 4.95. The van der Waals surface area contributed by atoms with Crippen LogP contribution in [0.3, 0.4) is 0 Å². The van der Waals surface area contributed by atoms with Crippen molar-refractivity contribution in [3.05, 3.63) is 29.3 Å². The van der Waals surface area contributed by atoms with Gasteiger partial charge in [0.2, 0.25) is 0 Å². The Bertz CT molecular complexity index is 809. The molecular weight excluding hydrogens is 392 g/mol. The van der Waals surface area contributed by atoms with E-state index in [1.807, 2.05) is 24.3 Å². The number of imide groups is 2. The van der Waals surface area contributed by atoms with Crippen molar-refractivity contribution >= 4 is 35.1 Å². The monoisotopic (exact) mass is 419 g/mol. The molecule has 0 radical (unpaired) electrons. The van der Waals surface area contributed by atoms with E-state index in [1.165, 1.54) is 4.90 Å². The molecule has 0 spiro atoms. The molecule has 3 fully saturated rings. The van der Waals surface area contributed by atoms with Gasteiger partial charge in [0, 0.05) is 16.8 Å². The van der Waals surface area contributed by atoms with Crippen LogP contribution in [0.25, 0.3) is 0 Å². The van der Waals surface area contributed by atoms with Crippen LogP contribution >= 0.6 is 11.6 Å². The van der Waals surface area contributed by atoms with Gasteiger partial charge in [0.05, 0.1) is 26.2 Å². The average Bonchev–Trinajstić information content (AvgIpc) is 2.92. The average molecular weight is 420 g/mol. The molecule has 0 unspecified atom stereocenters. The van der Waals surface area contributed by atoms with E-state index in [1.54, 1.807) is 0 Å². The number of nitrogens with one attached hydrogen (secondary N) is 1. The first-order valence-electron chi connectivity index (χ1n) is 10.5. The van der Waals surface area contributed by atoms with Gasteiger partial charge in [0.25, 0.3) is 0 Å². The highest BCUT2D eigenvalue weighted by Gasteiger charge is 2.50. The number of benzene rings is 1. The standard InChI is InChI=1S/C21H27ClN4O3/c1-15-5-2-3-8-18(15)26-20(28)19(27)25(21(26)29)14-23-9-11-24(12-10-23)17-7-4-6-16(22)13-17/h4,6-7,13,15,18H,2-3,5,8-12,14H2,1H3/p+1/t15-,18+/m1/s1. The van der Waals surface area contributed by atoms with Crippen LogP contribution < -0.4 is 9.80 Å². The number of carbonyl (C=O) groups is 3. The maximum Gasteiger partial charge on any atom is 0.338 e. The van der Waals surface area contributed by atoms with Gasteiger partial charge in [-0.05, 0) is 37.0 Å². The largest absolute Gasteiger partial charge is 0.360 e. The fourth-order valence-electron chi connectivity index (χ4n) is 4.77. The summed E-state index contributed by atoms with van der Waals surface area (Å²) >= 11 is 6.09. The van der Waals surface area contributed by atoms with Crippen molar-refractivity contribution < 1.29 is 19.3 Å². The van der Waals surface area contributed by atoms with Crippen LogP contribution in [-0.2, 0) is 9.59 Å². The molecule has 1 aliphatic carbocycles. The molecule has 1 saturated carbocycles. The van der Waals surface area contributed by atoms with Gasteiger partial charge in [-0.1, -0.05) is 37.4 Å². The number of halogens is 1. The van der Waals surface area contributed by atoms with E-state index in [9.17, 15) is 14.4 Å². The molecule has 2 heterocycles. The lowest BCUT2D eigenvalue weighted by Gasteiger charge is -2.35. The molecule has 2 aliphatic heterocycles. The quantitative estimate of drug-likeness (QED) is 0.591. The number of carbonyl (C=O) groups excluding carboxylic acids is 3. The molecule has 1 aromatic rings. The van der Waals surface area contributed by atoms with Crippen LogP contribution in [0.4, 0.5) is 10.5 Å². The Morgan fingerprint density at radius 3 is 2.48 bits per heavy atom. The second kappa shape index (κ2) is 8.32. The predicted molar refractivity (Wildman–Crippen MR) is 110 cm³/mol. The first-order valence-corrected chi connectivity index (χ1v) is 10.9. The van der Waals surface area contributed by atoms with Gasteiger partial charge < -0.3 is 9.80 Å². The summed E-state index contributed by atoms with van der Waals surface area (Å²) in [5.74, 6) is -1.07. The molecule has 1 aromatic carbocycles. The summed E-state index contributed by atoms with van der Waals surface area (Å²) in [6, 6.07) is 7.20. The van der Waals surface area contributed by atoms with Gasteiger partial charge >= 0.3 is 17.8 Å². The van der Waals surface area contributed by atoms with E-state index in [0.29, 0.717) is 5.02 Å². The lowest BCUT2D eigenvalue weighted by atomic mass is 9.85. The molecule has 3 aliphatic rings. The van der Waals surface area contributed by atoms with E-state index in [0.717, 1.165) is 67.3 Å². The number of piperazine rings is 1. The van der Waals surface area contributed by atoms with Crippen molar-refractivity contribution in [3.8, 4) is 0 Å². The third-order valence-corrected chi connectivity index (χ3v) is 6.74. The molecule has 29 heavy (non-hydrogen) atoms. The number of rotatable bonds is 4. The Balaban J connectivity index is 1.38. The number of quaternary nitrogens is 1. The van der Waals surface area contributed by atoms with Crippen LogP contribution in [0.2, 0.25) is 5.02 Å². The molecule has 8 heteroatoms. The highest BCUT2D eigenvalue weighted by atomic mass is 35.5. The van der Waals surface area contributed by atoms with Gasteiger partial charge in [-0.25, -0.2) is 9.69 Å². The summed E-state index contributed by atoms with van der Waals surface area (Å²) in [7, 11) is 0. The normalized spacial score (nSPS) is 26.6. The number of hydrogen-bond acceptors (Lipinski definition) is 4. The summed E-state index contributed by atoms with van der Waals surface area (Å²) in [5, 5.41) is 0.709. The summed E-state index contributed by atoms with van der Waals surface area (Å²) in [6.07, 6.45) is 3.90. The van der Waals surface area contributed by atoms with Crippen molar-refractivity contribution in [1.82, 2.24) is 9.80 Å². The van der Waals surface area contributed by atoms with E-state index in [-0.39, 0.29) is 18.6 Å².